The maximum absolute atomic E-state index is 13.6. The van der Waals surface area contributed by atoms with Gasteiger partial charge < -0.3 is 9.64 Å². The van der Waals surface area contributed by atoms with Crippen LogP contribution in [0.25, 0.3) is 11.1 Å². The molecule has 4 aromatic carbocycles. The number of unbranched alkanes of at least 4 members (excludes halogenated alkanes) is 1. The highest BCUT2D eigenvalue weighted by Gasteiger charge is 2.32. The van der Waals surface area contributed by atoms with Crippen molar-refractivity contribution in [3.63, 3.8) is 0 Å². The first-order chi connectivity index (χ1) is 19.1. The van der Waals surface area contributed by atoms with Gasteiger partial charge in [-0.2, -0.15) is 5.26 Å². The Labute approximate surface area is 230 Å². The summed E-state index contributed by atoms with van der Waals surface area (Å²) in [6, 6.07) is 35.5. The Morgan fingerprint density at radius 2 is 1.46 bits per heavy atom. The van der Waals surface area contributed by atoms with Gasteiger partial charge in [0.2, 0.25) is 5.91 Å². The number of ether oxygens (including phenoxy) is 1. The van der Waals surface area contributed by atoms with E-state index in [-0.39, 0.29) is 19.1 Å². The van der Waals surface area contributed by atoms with Crippen molar-refractivity contribution >= 4 is 11.9 Å². The smallest absolute Gasteiger partial charge is 0.333 e. The Morgan fingerprint density at radius 1 is 0.821 bits per heavy atom. The molecule has 0 aromatic heterocycles. The molecule has 0 N–H and O–H groups in total. The van der Waals surface area contributed by atoms with E-state index in [1.807, 2.05) is 110 Å². The van der Waals surface area contributed by atoms with E-state index in [0.29, 0.717) is 17.5 Å². The van der Waals surface area contributed by atoms with E-state index < -0.39 is 12.0 Å². The third-order valence-corrected chi connectivity index (χ3v) is 6.60. The van der Waals surface area contributed by atoms with Crippen LogP contribution in [0.5, 0.6) is 0 Å². The van der Waals surface area contributed by atoms with Gasteiger partial charge in [0, 0.05) is 13.0 Å². The molecular formula is C34H32N2O3. The van der Waals surface area contributed by atoms with Crippen molar-refractivity contribution in [3.8, 4) is 17.2 Å². The summed E-state index contributed by atoms with van der Waals surface area (Å²) in [7, 11) is 0. The third-order valence-electron chi connectivity index (χ3n) is 6.60. The molecule has 0 spiro atoms. The number of nitriles is 1. The molecule has 0 bridgehead atoms. The standard InChI is InChI=1S/C34H32N2O3/c1-2-3-18-32(37)36(24-26-19-21-28(22-20-26)31-17-11-10-16-30(31)23-35)33(29-14-8-5-9-15-29)34(38)39-25-27-12-6-4-7-13-27/h4-17,19-22,33H,2-3,18,24-25H2,1H3/t33-/m0/s1. The van der Waals surface area contributed by atoms with Gasteiger partial charge in [-0.15, -0.1) is 0 Å². The number of carbonyl (C=O) groups is 2. The van der Waals surface area contributed by atoms with Gasteiger partial charge in [-0.3, -0.25) is 4.79 Å². The van der Waals surface area contributed by atoms with E-state index in [4.69, 9.17) is 4.74 Å². The molecule has 1 atom stereocenters. The van der Waals surface area contributed by atoms with Gasteiger partial charge in [-0.25, -0.2) is 4.79 Å². The van der Waals surface area contributed by atoms with Crippen molar-refractivity contribution in [2.75, 3.05) is 0 Å². The van der Waals surface area contributed by atoms with Crippen molar-refractivity contribution < 1.29 is 14.3 Å². The van der Waals surface area contributed by atoms with Crippen LogP contribution in [0.15, 0.2) is 109 Å². The average molecular weight is 517 g/mol. The third kappa shape index (κ3) is 7.21. The number of nitrogens with zero attached hydrogens (tertiary/aromatic N) is 2. The normalized spacial score (nSPS) is 11.3. The summed E-state index contributed by atoms with van der Waals surface area (Å²) in [5.41, 5.74) is 4.85. The number of amides is 1. The number of carbonyl (C=O) groups excluding carboxylic acids is 2. The lowest BCUT2D eigenvalue weighted by Crippen LogP contribution is -2.39. The van der Waals surface area contributed by atoms with Gasteiger partial charge in [0.05, 0.1) is 11.6 Å². The molecular weight excluding hydrogens is 484 g/mol. The number of esters is 1. The van der Waals surface area contributed by atoms with Gasteiger partial charge in [0.15, 0.2) is 6.04 Å². The Balaban J connectivity index is 1.64. The second-order valence-electron chi connectivity index (χ2n) is 9.39. The van der Waals surface area contributed by atoms with Crippen molar-refractivity contribution in [1.29, 1.82) is 5.26 Å². The fourth-order valence-corrected chi connectivity index (χ4v) is 4.50. The van der Waals surface area contributed by atoms with Gasteiger partial charge in [-0.1, -0.05) is 116 Å². The molecule has 0 saturated heterocycles. The topological polar surface area (TPSA) is 70.4 Å². The lowest BCUT2D eigenvalue weighted by Gasteiger charge is -2.31. The van der Waals surface area contributed by atoms with Crippen molar-refractivity contribution in [2.24, 2.45) is 0 Å². The minimum absolute atomic E-state index is 0.0960. The van der Waals surface area contributed by atoms with Crippen LogP contribution in [0.1, 0.15) is 54.5 Å². The van der Waals surface area contributed by atoms with Crippen LogP contribution in [0.3, 0.4) is 0 Å². The van der Waals surface area contributed by atoms with E-state index in [1.54, 1.807) is 11.0 Å². The molecule has 0 heterocycles. The first kappa shape index (κ1) is 27.3. The van der Waals surface area contributed by atoms with E-state index in [2.05, 4.69) is 6.07 Å². The molecule has 4 aromatic rings. The minimum Gasteiger partial charge on any atom is -0.459 e. The Hall–Kier alpha value is -4.69. The zero-order valence-electron chi connectivity index (χ0n) is 22.1. The predicted molar refractivity (Wildman–Crippen MR) is 152 cm³/mol. The number of rotatable bonds is 11. The Bertz CT molecular complexity index is 1410. The molecule has 0 aliphatic heterocycles. The van der Waals surface area contributed by atoms with Gasteiger partial charge >= 0.3 is 5.97 Å². The zero-order chi connectivity index (χ0) is 27.5. The van der Waals surface area contributed by atoms with E-state index >= 15 is 0 Å². The van der Waals surface area contributed by atoms with Crippen LogP contribution in [0.4, 0.5) is 0 Å². The van der Waals surface area contributed by atoms with Crippen molar-refractivity contribution in [3.05, 3.63) is 131 Å². The fraction of sp³-hybridized carbons (Fsp3) is 0.206. The van der Waals surface area contributed by atoms with E-state index in [1.165, 1.54) is 0 Å². The zero-order valence-corrected chi connectivity index (χ0v) is 22.1. The highest BCUT2D eigenvalue weighted by atomic mass is 16.5. The number of benzene rings is 4. The second-order valence-corrected chi connectivity index (χ2v) is 9.39. The Morgan fingerprint density at radius 3 is 2.13 bits per heavy atom. The van der Waals surface area contributed by atoms with Crippen LogP contribution in [0.2, 0.25) is 0 Å². The van der Waals surface area contributed by atoms with Gasteiger partial charge in [-0.05, 0) is 40.3 Å². The maximum atomic E-state index is 13.6. The van der Waals surface area contributed by atoms with Crippen molar-refractivity contribution in [1.82, 2.24) is 4.90 Å². The summed E-state index contributed by atoms with van der Waals surface area (Å²) >= 11 is 0. The molecule has 0 aliphatic carbocycles. The summed E-state index contributed by atoms with van der Waals surface area (Å²) in [5, 5.41) is 9.49. The van der Waals surface area contributed by atoms with Crippen molar-refractivity contribution in [2.45, 2.75) is 45.4 Å². The molecule has 5 heteroatoms. The molecule has 196 valence electrons. The molecule has 0 saturated carbocycles. The Kier molecular flexibility index (Phi) is 9.63. The van der Waals surface area contributed by atoms with Crippen LogP contribution in [-0.2, 0) is 27.5 Å². The summed E-state index contributed by atoms with van der Waals surface area (Å²) < 4.78 is 5.76. The minimum atomic E-state index is -0.877. The predicted octanol–water partition coefficient (Wildman–Crippen LogP) is 7.23. The average Bonchev–Trinajstić information content (AvgIpc) is 3.00. The number of hydrogen-bond acceptors (Lipinski definition) is 4. The molecule has 0 fully saturated rings. The SMILES string of the molecule is CCCCC(=O)N(Cc1ccc(-c2ccccc2C#N)cc1)[C@H](C(=O)OCc1ccccc1)c1ccccc1. The molecule has 0 unspecified atom stereocenters. The fourth-order valence-electron chi connectivity index (χ4n) is 4.50. The summed E-state index contributed by atoms with van der Waals surface area (Å²) in [4.78, 5) is 28.8. The van der Waals surface area contributed by atoms with Gasteiger partial charge in [0.25, 0.3) is 0 Å². The lowest BCUT2D eigenvalue weighted by molar-refractivity contribution is -0.157. The molecule has 0 aliphatic rings. The molecule has 5 nitrogen and oxygen atoms in total. The second kappa shape index (κ2) is 13.7. The monoisotopic (exact) mass is 516 g/mol. The summed E-state index contributed by atoms with van der Waals surface area (Å²) in [5.74, 6) is -0.560. The molecule has 1 amide bonds. The van der Waals surface area contributed by atoms with Crippen LogP contribution in [-0.4, -0.2) is 16.8 Å². The molecule has 39 heavy (non-hydrogen) atoms. The van der Waals surface area contributed by atoms with E-state index in [9.17, 15) is 14.9 Å². The molecule has 0 radical (unpaired) electrons. The van der Waals surface area contributed by atoms with Crippen LogP contribution in [0, 0.1) is 11.3 Å². The summed E-state index contributed by atoms with van der Waals surface area (Å²) in [6.07, 6.45) is 1.96. The lowest BCUT2D eigenvalue weighted by atomic mass is 9.98. The quantitative estimate of drug-likeness (QED) is 0.197. The highest BCUT2D eigenvalue weighted by Crippen LogP contribution is 2.28. The first-order valence-corrected chi connectivity index (χ1v) is 13.2. The van der Waals surface area contributed by atoms with Crippen LogP contribution >= 0.6 is 0 Å². The van der Waals surface area contributed by atoms with E-state index in [0.717, 1.165) is 35.1 Å². The largest absolute Gasteiger partial charge is 0.459 e. The summed E-state index contributed by atoms with van der Waals surface area (Å²) in [6.45, 7) is 2.42. The highest BCUT2D eigenvalue weighted by molar-refractivity contribution is 5.85. The number of hydrogen-bond donors (Lipinski definition) is 0. The maximum Gasteiger partial charge on any atom is 0.333 e. The van der Waals surface area contributed by atoms with Crippen LogP contribution < -0.4 is 0 Å². The molecule has 4 rings (SSSR count). The van der Waals surface area contributed by atoms with Gasteiger partial charge in [0.1, 0.15) is 6.61 Å². The first-order valence-electron chi connectivity index (χ1n) is 13.2.